The van der Waals surface area contributed by atoms with Crippen molar-refractivity contribution in [2.75, 3.05) is 25.0 Å². The molecule has 0 aliphatic heterocycles. The van der Waals surface area contributed by atoms with Crippen LogP contribution in [0.4, 0.5) is 0 Å². The third kappa shape index (κ3) is 8.98. The number of ether oxygens (including phenoxy) is 2. The lowest BCUT2D eigenvalue weighted by Crippen LogP contribution is -2.24. The van der Waals surface area contributed by atoms with Gasteiger partial charge in [0.25, 0.3) is 0 Å². The van der Waals surface area contributed by atoms with Crippen LogP contribution in [-0.4, -0.2) is 49.0 Å². The second-order valence-electron chi connectivity index (χ2n) is 3.12. The maximum absolute atomic E-state index is 11.0. The van der Waals surface area contributed by atoms with Gasteiger partial charge in [-0.2, -0.15) is 4.99 Å². The fourth-order valence-corrected chi connectivity index (χ4v) is 1.18. The predicted molar refractivity (Wildman–Crippen MR) is 64.5 cm³/mol. The molecule has 0 atom stereocenters. The maximum atomic E-state index is 11.0. The molecule has 0 bridgehead atoms. The van der Waals surface area contributed by atoms with E-state index in [1.807, 2.05) is 0 Å². The molecule has 18 heavy (non-hydrogen) atoms. The van der Waals surface area contributed by atoms with E-state index in [1.54, 1.807) is 0 Å². The van der Waals surface area contributed by atoms with Crippen LogP contribution < -0.4 is 0 Å². The fourth-order valence-electron chi connectivity index (χ4n) is 0.874. The van der Waals surface area contributed by atoms with Gasteiger partial charge in [0.05, 0.1) is 12.8 Å². The first kappa shape index (κ1) is 16.9. The fraction of sp³-hybridized carbons (Fsp3) is 0.700. The maximum Gasteiger partial charge on any atom is 0.307 e. The molecule has 0 saturated heterocycles. The van der Waals surface area contributed by atoms with Crippen LogP contribution in [0.3, 0.4) is 0 Å². The van der Waals surface area contributed by atoms with Gasteiger partial charge in [-0.05, 0) is 0 Å². The van der Waals surface area contributed by atoms with Gasteiger partial charge in [-0.15, -0.1) is 23.2 Å². The normalized spacial score (nSPS) is 9.72. The second-order valence-corrected chi connectivity index (χ2v) is 3.87. The molecule has 0 rings (SSSR count). The SMILES string of the molecule is O=C=NC(COC(=O)CCCl)COC(=O)CCCl. The van der Waals surface area contributed by atoms with Crippen LogP contribution in [-0.2, 0) is 23.9 Å². The van der Waals surface area contributed by atoms with Crippen LogP contribution in [0, 0.1) is 0 Å². The van der Waals surface area contributed by atoms with Gasteiger partial charge >= 0.3 is 11.9 Å². The Kier molecular flexibility index (Phi) is 10.3. The summed E-state index contributed by atoms with van der Waals surface area (Å²) in [6.45, 7) is -0.335. The number of halogens is 2. The van der Waals surface area contributed by atoms with Crippen molar-refractivity contribution in [2.24, 2.45) is 4.99 Å². The quantitative estimate of drug-likeness (QED) is 0.275. The van der Waals surface area contributed by atoms with Crippen molar-refractivity contribution in [1.82, 2.24) is 0 Å². The average Bonchev–Trinajstić information content (AvgIpc) is 2.33. The number of hydrogen-bond acceptors (Lipinski definition) is 6. The molecule has 0 heterocycles. The Labute approximate surface area is 114 Å². The van der Waals surface area contributed by atoms with Gasteiger partial charge in [0.1, 0.15) is 19.3 Å². The van der Waals surface area contributed by atoms with Crippen molar-refractivity contribution in [3.8, 4) is 0 Å². The van der Waals surface area contributed by atoms with E-state index in [9.17, 15) is 14.4 Å². The van der Waals surface area contributed by atoms with E-state index in [1.165, 1.54) is 6.08 Å². The lowest BCUT2D eigenvalue weighted by atomic mass is 10.3. The summed E-state index contributed by atoms with van der Waals surface area (Å²) in [5.41, 5.74) is 0. The summed E-state index contributed by atoms with van der Waals surface area (Å²) in [4.78, 5) is 35.5. The summed E-state index contributed by atoms with van der Waals surface area (Å²) in [6.07, 6.45) is 1.44. The van der Waals surface area contributed by atoms with Crippen LogP contribution in [0.2, 0.25) is 0 Å². The molecule has 8 heteroatoms. The smallest absolute Gasteiger partial charge is 0.307 e. The van der Waals surface area contributed by atoms with E-state index in [0.717, 1.165) is 0 Å². The van der Waals surface area contributed by atoms with Crippen LogP contribution in [0.15, 0.2) is 4.99 Å². The average molecular weight is 298 g/mol. The highest BCUT2D eigenvalue weighted by atomic mass is 35.5. The first-order chi connectivity index (χ1) is 8.63. The standard InChI is InChI=1S/C10H13Cl2NO5/c11-3-1-9(15)17-5-8(13-7-14)6-18-10(16)2-4-12/h8H,1-6H2. The summed E-state index contributed by atoms with van der Waals surface area (Å²) in [7, 11) is 0. The van der Waals surface area contributed by atoms with Crippen LogP contribution in [0.1, 0.15) is 12.8 Å². The van der Waals surface area contributed by atoms with Gasteiger partial charge in [-0.25, -0.2) is 4.79 Å². The highest BCUT2D eigenvalue weighted by Crippen LogP contribution is 1.99. The van der Waals surface area contributed by atoms with Crippen molar-refractivity contribution < 1.29 is 23.9 Å². The predicted octanol–water partition coefficient (Wildman–Crippen LogP) is 1.04. The van der Waals surface area contributed by atoms with Gasteiger partial charge in [0.2, 0.25) is 6.08 Å². The molecule has 0 unspecified atom stereocenters. The van der Waals surface area contributed by atoms with Gasteiger partial charge in [-0.3, -0.25) is 9.59 Å². The second kappa shape index (κ2) is 11.0. The minimum atomic E-state index is -0.763. The monoisotopic (exact) mass is 297 g/mol. The molecule has 0 aliphatic rings. The first-order valence-corrected chi connectivity index (χ1v) is 6.21. The molecule has 102 valence electrons. The van der Waals surface area contributed by atoms with Gasteiger partial charge < -0.3 is 9.47 Å². The van der Waals surface area contributed by atoms with E-state index in [4.69, 9.17) is 32.7 Å². The number of aliphatic imine (C=N–C) groups is 1. The minimum Gasteiger partial charge on any atom is -0.463 e. The molecule has 0 amide bonds. The zero-order valence-electron chi connectivity index (χ0n) is 9.56. The lowest BCUT2D eigenvalue weighted by molar-refractivity contribution is -0.146. The number of esters is 2. The molecule has 0 radical (unpaired) electrons. The van der Waals surface area contributed by atoms with Crippen molar-refractivity contribution in [2.45, 2.75) is 18.9 Å². The molecule has 0 saturated carbocycles. The van der Waals surface area contributed by atoms with Gasteiger partial charge in [0.15, 0.2) is 0 Å². The molecular weight excluding hydrogens is 285 g/mol. The topological polar surface area (TPSA) is 82.0 Å². The largest absolute Gasteiger partial charge is 0.463 e. The highest BCUT2D eigenvalue weighted by molar-refractivity contribution is 6.19. The van der Waals surface area contributed by atoms with Crippen molar-refractivity contribution in [3.05, 3.63) is 0 Å². The molecule has 0 aliphatic carbocycles. The molecule has 0 spiro atoms. The Bertz CT molecular complexity index is 295. The number of rotatable bonds is 9. The summed E-state index contributed by atoms with van der Waals surface area (Å²) in [5, 5.41) is 0. The summed E-state index contributed by atoms with van der Waals surface area (Å²) >= 11 is 10.7. The van der Waals surface area contributed by atoms with E-state index in [-0.39, 0.29) is 37.8 Å². The molecule has 0 fully saturated rings. The summed E-state index contributed by atoms with van der Waals surface area (Å²) in [5.74, 6) is -0.734. The Morgan fingerprint density at radius 1 is 1.06 bits per heavy atom. The zero-order chi connectivity index (χ0) is 13.8. The van der Waals surface area contributed by atoms with Crippen LogP contribution in [0.5, 0.6) is 0 Å². The van der Waals surface area contributed by atoms with E-state index in [2.05, 4.69) is 4.99 Å². The molecule has 0 N–H and O–H groups in total. The zero-order valence-corrected chi connectivity index (χ0v) is 11.1. The number of hydrogen-bond donors (Lipinski definition) is 0. The van der Waals surface area contributed by atoms with Crippen molar-refractivity contribution >= 4 is 41.2 Å². The van der Waals surface area contributed by atoms with Crippen molar-refractivity contribution in [1.29, 1.82) is 0 Å². The summed E-state index contributed by atoms with van der Waals surface area (Å²) < 4.78 is 9.55. The lowest BCUT2D eigenvalue weighted by Gasteiger charge is -2.11. The minimum absolute atomic E-state index is 0.0606. The molecule has 6 nitrogen and oxygen atoms in total. The first-order valence-electron chi connectivity index (χ1n) is 5.14. The van der Waals surface area contributed by atoms with Gasteiger partial charge in [0, 0.05) is 11.8 Å². The Hall–Kier alpha value is -1.10. The number of nitrogens with zero attached hydrogens (tertiary/aromatic N) is 1. The number of alkyl halides is 2. The Morgan fingerprint density at radius 3 is 1.83 bits per heavy atom. The highest BCUT2D eigenvalue weighted by Gasteiger charge is 2.13. The molecule has 0 aromatic rings. The van der Waals surface area contributed by atoms with E-state index < -0.39 is 18.0 Å². The molecule has 0 aromatic heterocycles. The third-order valence-electron chi connectivity index (χ3n) is 1.71. The number of carbonyl (C=O) groups excluding carboxylic acids is 3. The third-order valence-corrected chi connectivity index (χ3v) is 2.08. The van der Waals surface area contributed by atoms with Crippen molar-refractivity contribution in [3.63, 3.8) is 0 Å². The number of isocyanates is 1. The van der Waals surface area contributed by atoms with Crippen LogP contribution >= 0.6 is 23.2 Å². The van der Waals surface area contributed by atoms with Crippen LogP contribution in [0.25, 0.3) is 0 Å². The number of carbonyl (C=O) groups is 2. The molecular formula is C10H13Cl2NO5. The Balaban J connectivity index is 4.03. The Morgan fingerprint density at radius 2 is 1.50 bits per heavy atom. The molecule has 0 aromatic carbocycles. The van der Waals surface area contributed by atoms with Gasteiger partial charge in [-0.1, -0.05) is 0 Å². The van der Waals surface area contributed by atoms with E-state index >= 15 is 0 Å². The summed E-state index contributed by atoms with van der Waals surface area (Å²) in [6, 6.07) is -0.763. The van der Waals surface area contributed by atoms with E-state index in [0.29, 0.717) is 0 Å².